The van der Waals surface area contributed by atoms with E-state index in [2.05, 4.69) is 4.98 Å². The topological polar surface area (TPSA) is 50.2 Å². The zero-order valence-electron chi connectivity index (χ0n) is 6.27. The van der Waals surface area contributed by atoms with Gasteiger partial charge in [0.25, 0.3) is 0 Å². The fraction of sp³-hybridized carbons (Fsp3) is 0. The number of carbonyl (C=O) groups is 1. The van der Waals surface area contributed by atoms with E-state index in [-0.39, 0.29) is 0 Å². The molecule has 1 aromatic rings. The van der Waals surface area contributed by atoms with Crippen molar-refractivity contribution in [2.24, 2.45) is 0 Å². The standard InChI is InChI=1S/C8H8AsNO2/c9-7-3-1-6(5-10-7)2-4-8(11)12/h1-5H,9H2,(H,11,12)/b4-2+. The summed E-state index contributed by atoms with van der Waals surface area (Å²) in [5.74, 6) is -0.945. The summed E-state index contributed by atoms with van der Waals surface area (Å²) in [6.45, 7) is 0. The number of pyridine rings is 1. The molecule has 4 heteroatoms. The van der Waals surface area contributed by atoms with Crippen LogP contribution in [0.4, 0.5) is 0 Å². The normalized spacial score (nSPS) is 10.4. The molecule has 0 amide bonds. The fourth-order valence-electron chi connectivity index (χ4n) is 0.683. The minimum absolute atomic E-state index is 0.804. The van der Waals surface area contributed by atoms with Crippen LogP contribution in [0.15, 0.2) is 24.4 Å². The minimum atomic E-state index is -0.945. The molecular formula is C8H8AsNO2. The van der Waals surface area contributed by atoms with Crippen molar-refractivity contribution in [1.82, 2.24) is 4.98 Å². The van der Waals surface area contributed by atoms with Crippen molar-refractivity contribution in [2.45, 2.75) is 0 Å². The SMILES string of the molecule is O=C(O)/C=C/c1ccc([AsH2])nc1. The van der Waals surface area contributed by atoms with Crippen molar-refractivity contribution in [1.29, 1.82) is 0 Å². The molecule has 0 saturated carbocycles. The molecule has 1 N–H and O–H groups in total. The van der Waals surface area contributed by atoms with Gasteiger partial charge in [-0.05, 0) is 0 Å². The van der Waals surface area contributed by atoms with Crippen LogP contribution in [-0.2, 0) is 4.79 Å². The third kappa shape index (κ3) is 2.89. The summed E-state index contributed by atoms with van der Waals surface area (Å²) in [6.07, 6.45) is 4.26. The first-order valence-corrected chi connectivity index (χ1v) is 4.52. The number of hydrogen-bond acceptors (Lipinski definition) is 2. The summed E-state index contributed by atoms with van der Waals surface area (Å²) in [5, 5.41) is 8.33. The Kier molecular flexibility index (Phi) is 3.06. The second-order valence-electron chi connectivity index (χ2n) is 2.19. The first-order chi connectivity index (χ1) is 5.68. The number of aliphatic carboxylic acids is 1. The maximum atomic E-state index is 10.1. The summed E-state index contributed by atoms with van der Waals surface area (Å²) in [5.41, 5.74) is 0.804. The van der Waals surface area contributed by atoms with Crippen LogP contribution in [0.25, 0.3) is 6.08 Å². The van der Waals surface area contributed by atoms with Gasteiger partial charge >= 0.3 is 78.2 Å². The van der Waals surface area contributed by atoms with Crippen LogP contribution in [-0.4, -0.2) is 32.9 Å². The average molecular weight is 225 g/mol. The molecule has 1 unspecified atom stereocenters. The molecule has 0 radical (unpaired) electrons. The maximum absolute atomic E-state index is 10.1. The molecule has 0 aromatic carbocycles. The Morgan fingerprint density at radius 2 is 2.33 bits per heavy atom. The molecule has 1 heterocycles. The Balaban J connectivity index is 2.77. The molecule has 0 saturated heterocycles. The van der Waals surface area contributed by atoms with E-state index >= 15 is 0 Å². The van der Waals surface area contributed by atoms with E-state index in [1.165, 1.54) is 22.9 Å². The van der Waals surface area contributed by atoms with E-state index in [1.54, 1.807) is 6.20 Å². The van der Waals surface area contributed by atoms with Gasteiger partial charge in [-0.1, -0.05) is 0 Å². The van der Waals surface area contributed by atoms with Crippen molar-refractivity contribution in [3.05, 3.63) is 30.0 Å². The number of hydrogen-bond donors (Lipinski definition) is 1. The summed E-state index contributed by atoms with van der Waals surface area (Å²) in [6, 6.07) is 3.70. The first kappa shape index (κ1) is 9.01. The molecule has 1 atom stereocenters. The Morgan fingerprint density at radius 3 is 2.83 bits per heavy atom. The molecule has 1 rings (SSSR count). The molecule has 0 aliphatic heterocycles. The molecule has 0 spiro atoms. The molecule has 0 bridgehead atoms. The van der Waals surface area contributed by atoms with Crippen LogP contribution >= 0.6 is 0 Å². The summed E-state index contributed by atoms with van der Waals surface area (Å²) in [4.78, 5) is 14.2. The van der Waals surface area contributed by atoms with Gasteiger partial charge in [0.1, 0.15) is 0 Å². The van der Waals surface area contributed by atoms with E-state index in [0.717, 1.165) is 16.1 Å². The summed E-state index contributed by atoms with van der Waals surface area (Å²) >= 11 is 1.45. The number of carboxylic acids is 1. The third-order valence-electron chi connectivity index (χ3n) is 1.23. The Bertz CT molecular complexity index is 305. The van der Waals surface area contributed by atoms with Gasteiger partial charge in [0.05, 0.1) is 0 Å². The van der Waals surface area contributed by atoms with Gasteiger partial charge in [0.15, 0.2) is 0 Å². The van der Waals surface area contributed by atoms with Crippen LogP contribution in [0, 0.1) is 0 Å². The van der Waals surface area contributed by atoms with Gasteiger partial charge in [0, 0.05) is 0 Å². The van der Waals surface area contributed by atoms with Crippen LogP contribution in [0.1, 0.15) is 5.56 Å². The fourth-order valence-corrected chi connectivity index (χ4v) is 1.04. The predicted octanol–water partition coefficient (Wildman–Crippen LogP) is -0.562. The van der Waals surface area contributed by atoms with E-state index in [4.69, 9.17) is 5.11 Å². The van der Waals surface area contributed by atoms with Gasteiger partial charge in [-0.15, -0.1) is 0 Å². The molecule has 12 heavy (non-hydrogen) atoms. The third-order valence-corrected chi connectivity index (χ3v) is 1.94. The van der Waals surface area contributed by atoms with Crippen molar-refractivity contribution >= 4 is 33.4 Å². The summed E-state index contributed by atoms with van der Waals surface area (Å²) in [7, 11) is 0. The van der Waals surface area contributed by atoms with Gasteiger partial charge in [-0.3, -0.25) is 0 Å². The molecular weight excluding hydrogens is 217 g/mol. The zero-order valence-corrected chi connectivity index (χ0v) is 8.69. The van der Waals surface area contributed by atoms with Crippen LogP contribution in [0.3, 0.4) is 0 Å². The van der Waals surface area contributed by atoms with Crippen LogP contribution in [0.5, 0.6) is 0 Å². The number of aromatic nitrogens is 1. The first-order valence-electron chi connectivity index (χ1n) is 3.31. The Morgan fingerprint density at radius 1 is 1.58 bits per heavy atom. The molecule has 0 aliphatic carbocycles. The van der Waals surface area contributed by atoms with Crippen LogP contribution < -0.4 is 4.48 Å². The molecule has 3 nitrogen and oxygen atoms in total. The number of nitrogens with zero attached hydrogens (tertiary/aromatic N) is 1. The average Bonchev–Trinajstić information content (AvgIpc) is 2.03. The van der Waals surface area contributed by atoms with Gasteiger partial charge in [-0.25, -0.2) is 0 Å². The van der Waals surface area contributed by atoms with Crippen molar-refractivity contribution < 1.29 is 9.90 Å². The van der Waals surface area contributed by atoms with Crippen molar-refractivity contribution in [3.8, 4) is 0 Å². The monoisotopic (exact) mass is 225 g/mol. The van der Waals surface area contributed by atoms with E-state index in [1.807, 2.05) is 12.1 Å². The Labute approximate surface area is 78.6 Å². The zero-order chi connectivity index (χ0) is 8.97. The van der Waals surface area contributed by atoms with Crippen LogP contribution in [0.2, 0.25) is 0 Å². The second kappa shape index (κ2) is 4.07. The molecule has 1 aromatic heterocycles. The van der Waals surface area contributed by atoms with E-state index in [9.17, 15) is 4.79 Å². The number of rotatable bonds is 2. The van der Waals surface area contributed by atoms with Crippen molar-refractivity contribution in [3.63, 3.8) is 0 Å². The quantitative estimate of drug-likeness (QED) is 0.542. The molecule has 0 aliphatic rings. The van der Waals surface area contributed by atoms with Gasteiger partial charge in [0.2, 0.25) is 0 Å². The second-order valence-corrected chi connectivity index (χ2v) is 3.43. The Hall–Kier alpha value is -1.08. The molecule has 62 valence electrons. The van der Waals surface area contributed by atoms with Crippen molar-refractivity contribution in [2.75, 3.05) is 0 Å². The predicted molar refractivity (Wildman–Crippen MR) is 49.1 cm³/mol. The van der Waals surface area contributed by atoms with Gasteiger partial charge in [-0.2, -0.15) is 0 Å². The summed E-state index contributed by atoms with van der Waals surface area (Å²) < 4.78 is 0.981. The van der Waals surface area contributed by atoms with E-state index in [0.29, 0.717) is 0 Å². The van der Waals surface area contributed by atoms with E-state index < -0.39 is 5.97 Å². The van der Waals surface area contributed by atoms with Gasteiger partial charge < -0.3 is 0 Å². The molecule has 0 fully saturated rings. The number of carboxylic acid groups (broad SMARTS) is 1.